The van der Waals surface area contributed by atoms with Crippen LogP contribution < -0.4 is 37.3 Å². The number of guanidine groups is 2. The molecule has 0 aliphatic heterocycles. The van der Waals surface area contributed by atoms with E-state index in [0.29, 0.717) is 25.9 Å². The number of hydrogen-bond donors (Lipinski definition) is 9. The highest BCUT2D eigenvalue weighted by molar-refractivity contribution is 7.81. The molecule has 0 fully saturated rings. The quantitative estimate of drug-likeness (QED) is 0.0190. The predicted molar refractivity (Wildman–Crippen MR) is 223 cm³/mol. The van der Waals surface area contributed by atoms with Gasteiger partial charge in [0.1, 0.15) is 12.1 Å². The number of hydrogen-bond acceptors (Lipinski definition) is 14. The molecule has 1 aromatic rings. The van der Waals surface area contributed by atoms with E-state index in [0.717, 1.165) is 31.0 Å². The molecular formula is C34H59N9O14S3. The van der Waals surface area contributed by atoms with Crippen molar-refractivity contribution in [2.24, 2.45) is 27.2 Å². The van der Waals surface area contributed by atoms with E-state index in [1.54, 1.807) is 7.05 Å². The van der Waals surface area contributed by atoms with Crippen molar-refractivity contribution >= 4 is 54.9 Å². The first kappa shape index (κ1) is 53.6. The average Bonchev–Trinajstić information content (AvgIpc) is 3.11. The number of carbonyl (C=O) groups is 2. The second kappa shape index (κ2) is 25.4. The summed E-state index contributed by atoms with van der Waals surface area (Å²) in [4.78, 5) is 37.1. The Morgan fingerprint density at radius 3 is 2.17 bits per heavy atom. The zero-order chi connectivity index (χ0) is 45.8. The van der Waals surface area contributed by atoms with Crippen molar-refractivity contribution in [1.82, 2.24) is 20.9 Å². The fourth-order valence-electron chi connectivity index (χ4n) is 5.53. The summed E-state index contributed by atoms with van der Waals surface area (Å²) in [7, 11) is -12.6. The zero-order valence-corrected chi connectivity index (χ0v) is 36.8. The third-order valence-corrected chi connectivity index (χ3v) is 9.74. The van der Waals surface area contributed by atoms with Crippen molar-refractivity contribution in [3.63, 3.8) is 0 Å². The van der Waals surface area contributed by atoms with Crippen molar-refractivity contribution in [2.75, 3.05) is 33.7 Å². The van der Waals surface area contributed by atoms with Crippen molar-refractivity contribution in [1.29, 1.82) is 0 Å². The van der Waals surface area contributed by atoms with Crippen LogP contribution in [-0.4, -0.2) is 119 Å². The molecule has 0 bridgehead atoms. The van der Waals surface area contributed by atoms with Gasteiger partial charge >= 0.3 is 31.2 Å². The minimum absolute atomic E-state index is 0.00798. The molecule has 4 unspecified atom stereocenters. The molecule has 0 radical (unpaired) electrons. The first-order valence-corrected chi connectivity index (χ1v) is 22.5. The van der Waals surface area contributed by atoms with Crippen LogP contribution in [-0.2, 0) is 55.8 Å². The number of nitrogens with zero attached hydrogens (tertiary/aromatic N) is 3. The summed E-state index contributed by atoms with van der Waals surface area (Å²) in [5, 5.41) is 8.52. The topological polar surface area (TPSA) is 367 Å². The lowest BCUT2D eigenvalue weighted by Crippen LogP contribution is -2.55. The highest BCUT2D eigenvalue weighted by atomic mass is 32.3. The van der Waals surface area contributed by atoms with Crippen LogP contribution in [0.2, 0.25) is 0 Å². The van der Waals surface area contributed by atoms with Crippen molar-refractivity contribution in [2.45, 2.75) is 97.1 Å². The van der Waals surface area contributed by atoms with Crippen LogP contribution >= 0.6 is 0 Å². The Morgan fingerprint density at radius 2 is 1.60 bits per heavy atom. The van der Waals surface area contributed by atoms with Gasteiger partial charge in [-0.05, 0) is 91.0 Å². The molecule has 0 spiro atoms. The van der Waals surface area contributed by atoms with E-state index < -0.39 is 85.2 Å². The van der Waals surface area contributed by atoms with Gasteiger partial charge in [0.2, 0.25) is 11.8 Å². The molecule has 0 aromatic heterocycles. The van der Waals surface area contributed by atoms with Crippen LogP contribution in [0, 0.1) is 0 Å². The molecule has 342 valence electrons. The summed E-state index contributed by atoms with van der Waals surface area (Å²) in [6.07, 6.45) is 5.21. The number of likely N-dealkylation sites (N-methyl/N-ethyl adjacent to an activating group) is 2. The number of amides is 2. The number of rotatable bonds is 27. The van der Waals surface area contributed by atoms with Crippen LogP contribution in [0.15, 0.2) is 51.5 Å². The highest BCUT2D eigenvalue weighted by Gasteiger charge is 2.34. The predicted octanol–water partition coefficient (Wildman–Crippen LogP) is 0.399. The van der Waals surface area contributed by atoms with Gasteiger partial charge in [0.25, 0.3) is 0 Å². The molecule has 1 rings (SSSR count). The molecule has 4 atom stereocenters. The molecular weight excluding hydrogens is 855 g/mol. The van der Waals surface area contributed by atoms with Crippen molar-refractivity contribution in [3.8, 4) is 5.75 Å². The summed E-state index contributed by atoms with van der Waals surface area (Å²) in [5.74, 6) is -1.96. The first-order valence-electron chi connectivity index (χ1n) is 18.4. The Balaban J connectivity index is 3.28. The van der Waals surface area contributed by atoms with Crippen LogP contribution in [0.1, 0.15) is 83.5 Å². The molecule has 12 N–H and O–H groups in total. The fourth-order valence-corrected chi connectivity index (χ4v) is 6.73. The minimum atomic E-state index is -5.28. The van der Waals surface area contributed by atoms with E-state index in [9.17, 15) is 39.4 Å². The van der Waals surface area contributed by atoms with Gasteiger partial charge < -0.3 is 42.2 Å². The van der Waals surface area contributed by atoms with Crippen molar-refractivity contribution in [3.05, 3.63) is 52.6 Å². The molecule has 2 amide bonds. The van der Waals surface area contributed by atoms with Gasteiger partial charge in [-0.3, -0.25) is 28.2 Å². The van der Waals surface area contributed by atoms with Crippen LogP contribution in [0.5, 0.6) is 5.75 Å². The van der Waals surface area contributed by atoms with E-state index in [4.69, 9.17) is 30.5 Å². The summed E-state index contributed by atoms with van der Waals surface area (Å²) in [6.45, 7) is 7.17. The van der Waals surface area contributed by atoms with Gasteiger partial charge in [0.05, 0.1) is 25.2 Å². The Bertz CT molecular complexity index is 2040. The number of carbonyl (C=O) groups excluding carboxylic acids is 2. The van der Waals surface area contributed by atoms with Crippen LogP contribution in [0.4, 0.5) is 0 Å². The van der Waals surface area contributed by atoms with E-state index >= 15 is 0 Å². The SMILES string of the molecule is CNC(CCCNC(N)=NCC=C(C)CCC=C(C)C)C(=O)N(C)C(CCCN=C(N)N)C(=O)NC(C)C(OS(=O)(=O)O)c1ccc(OS(=O)(=O)O)c(COS(=O)(=O)O)c1. The number of aliphatic imine (C=N–C) groups is 2. The normalized spacial score (nSPS) is 14.6. The van der Waals surface area contributed by atoms with Gasteiger partial charge in [-0.15, -0.1) is 0 Å². The van der Waals surface area contributed by atoms with Crippen LogP contribution in [0.3, 0.4) is 0 Å². The maximum Gasteiger partial charge on any atom is 0.446 e. The first-order chi connectivity index (χ1) is 27.7. The van der Waals surface area contributed by atoms with Gasteiger partial charge in [0, 0.05) is 25.7 Å². The molecule has 0 aliphatic rings. The number of nitrogens with one attached hydrogen (secondary N) is 3. The molecule has 0 heterocycles. The smallest absolute Gasteiger partial charge is 0.370 e. The van der Waals surface area contributed by atoms with E-state index in [1.807, 2.05) is 26.8 Å². The third kappa shape index (κ3) is 22.8. The Morgan fingerprint density at radius 1 is 0.933 bits per heavy atom. The standard InChI is InChI=1S/C34H59N9O14S3/c1-22(2)10-7-11-23(3)16-19-41-34(37)40-18-8-12-27(38-5)32(45)43(6)28(13-9-17-39-33(35)36)31(44)42-24(4)30(57-60(52,53)54)25-14-15-29(56-59(49,50)51)26(20-25)21-55-58(46,47)48/h10,14-16,20,24,27-28,30,38H,7-9,11-13,17-19,21H2,1-6H3,(H,42,44)(H4,35,36,39)(H3,37,40,41)(H,46,47,48)(H,49,50,51)(H,52,53,54). The van der Waals surface area contributed by atoms with E-state index in [-0.39, 0.29) is 36.9 Å². The van der Waals surface area contributed by atoms with Gasteiger partial charge in [-0.1, -0.05) is 29.4 Å². The second-order valence-electron chi connectivity index (χ2n) is 13.7. The Hall–Kier alpha value is -4.41. The molecule has 0 saturated carbocycles. The number of allylic oxidation sites excluding steroid dienone is 3. The zero-order valence-electron chi connectivity index (χ0n) is 34.4. The van der Waals surface area contributed by atoms with Gasteiger partial charge in [-0.2, -0.15) is 25.3 Å². The molecule has 0 aliphatic carbocycles. The van der Waals surface area contributed by atoms with Crippen LogP contribution in [0.25, 0.3) is 0 Å². The van der Waals surface area contributed by atoms with Gasteiger partial charge in [0.15, 0.2) is 17.7 Å². The molecule has 23 nitrogen and oxygen atoms in total. The Labute approximate surface area is 352 Å². The second-order valence-corrected chi connectivity index (χ2v) is 16.9. The maximum absolute atomic E-state index is 13.9. The summed E-state index contributed by atoms with van der Waals surface area (Å²) in [5.41, 5.74) is 18.6. The van der Waals surface area contributed by atoms with E-state index in [1.165, 1.54) is 30.0 Å². The molecule has 0 saturated heterocycles. The maximum atomic E-state index is 13.9. The lowest BCUT2D eigenvalue weighted by molar-refractivity contribution is -0.141. The highest BCUT2D eigenvalue weighted by Crippen LogP contribution is 2.30. The summed E-state index contributed by atoms with van der Waals surface area (Å²) in [6, 6.07) is -0.580. The lowest BCUT2D eigenvalue weighted by atomic mass is 9.99. The monoisotopic (exact) mass is 913 g/mol. The number of benzene rings is 1. The summed E-state index contributed by atoms with van der Waals surface area (Å²) < 4.78 is 111. The number of nitrogens with two attached hydrogens (primary N) is 3. The third-order valence-electron chi connectivity index (χ3n) is 8.48. The van der Waals surface area contributed by atoms with Crippen molar-refractivity contribution < 1.29 is 61.0 Å². The molecule has 1 aromatic carbocycles. The Kier molecular flexibility index (Phi) is 22.7. The summed E-state index contributed by atoms with van der Waals surface area (Å²) >= 11 is 0. The largest absolute Gasteiger partial charge is 0.446 e. The molecule has 60 heavy (non-hydrogen) atoms. The average molecular weight is 914 g/mol. The lowest BCUT2D eigenvalue weighted by Gasteiger charge is -2.32. The minimum Gasteiger partial charge on any atom is -0.370 e. The van der Waals surface area contributed by atoms with Gasteiger partial charge in [-0.25, -0.2) is 13.4 Å². The molecule has 26 heteroatoms. The fraction of sp³-hybridized carbons (Fsp3) is 0.588. The van der Waals surface area contributed by atoms with E-state index in [2.05, 4.69) is 40.4 Å².